The lowest BCUT2D eigenvalue weighted by Crippen LogP contribution is -2.20. The molecule has 4 heteroatoms. The van der Waals surface area contributed by atoms with Crippen LogP contribution in [0.15, 0.2) is 29.4 Å². The van der Waals surface area contributed by atoms with Crippen LogP contribution < -0.4 is 5.32 Å². The maximum atomic E-state index is 12.1. The number of anilines is 1. The summed E-state index contributed by atoms with van der Waals surface area (Å²) in [6.45, 7) is 1.74. The molecular weight excluding hydrogens is 264 g/mol. The molecule has 0 aliphatic heterocycles. The largest absolute Gasteiger partial charge is 0.411 e. The molecule has 0 radical (unpaired) electrons. The van der Waals surface area contributed by atoms with Crippen LogP contribution >= 0.6 is 0 Å². The van der Waals surface area contributed by atoms with E-state index in [1.165, 1.54) is 25.7 Å². The van der Waals surface area contributed by atoms with Gasteiger partial charge >= 0.3 is 0 Å². The fourth-order valence-corrected chi connectivity index (χ4v) is 3.93. The summed E-state index contributed by atoms with van der Waals surface area (Å²) in [5.41, 5.74) is 2.22. The molecule has 0 spiro atoms. The molecule has 112 valence electrons. The van der Waals surface area contributed by atoms with Crippen LogP contribution in [0.5, 0.6) is 0 Å². The van der Waals surface area contributed by atoms with Crippen molar-refractivity contribution in [2.24, 2.45) is 22.9 Å². The average Bonchev–Trinajstić information content (AvgIpc) is 3.09. The van der Waals surface area contributed by atoms with Crippen molar-refractivity contribution in [3.63, 3.8) is 0 Å². The molecule has 0 heterocycles. The van der Waals surface area contributed by atoms with Gasteiger partial charge in [0.25, 0.3) is 0 Å². The number of carbonyl (C=O) groups is 1. The van der Waals surface area contributed by atoms with Gasteiger partial charge in [0.05, 0.1) is 5.71 Å². The van der Waals surface area contributed by atoms with Gasteiger partial charge in [0.1, 0.15) is 0 Å². The summed E-state index contributed by atoms with van der Waals surface area (Å²) in [4.78, 5) is 12.1. The number of oxime groups is 1. The highest BCUT2D eigenvalue weighted by atomic mass is 16.4. The van der Waals surface area contributed by atoms with Crippen LogP contribution in [0.3, 0.4) is 0 Å². The smallest absolute Gasteiger partial charge is 0.224 e. The fraction of sp³-hybridized carbons (Fsp3) is 0.529. The molecule has 3 unspecified atom stereocenters. The number of rotatable bonds is 4. The molecule has 2 fully saturated rings. The third-order valence-corrected chi connectivity index (χ3v) is 5.07. The van der Waals surface area contributed by atoms with Crippen molar-refractivity contribution >= 4 is 17.3 Å². The van der Waals surface area contributed by atoms with E-state index in [9.17, 15) is 4.79 Å². The van der Waals surface area contributed by atoms with Crippen molar-refractivity contribution in [2.75, 3.05) is 5.32 Å². The molecule has 3 rings (SSSR count). The van der Waals surface area contributed by atoms with Gasteiger partial charge in [-0.15, -0.1) is 0 Å². The van der Waals surface area contributed by atoms with Gasteiger partial charge < -0.3 is 10.5 Å². The van der Waals surface area contributed by atoms with E-state index in [1.807, 2.05) is 24.3 Å². The van der Waals surface area contributed by atoms with E-state index in [4.69, 9.17) is 5.21 Å². The van der Waals surface area contributed by atoms with Gasteiger partial charge in [0, 0.05) is 12.1 Å². The zero-order valence-electron chi connectivity index (χ0n) is 12.4. The molecule has 1 amide bonds. The number of fused-ring (bicyclic) bond motifs is 2. The molecule has 0 saturated heterocycles. The maximum Gasteiger partial charge on any atom is 0.224 e. The molecular formula is C17H22N2O2. The second-order valence-corrected chi connectivity index (χ2v) is 6.45. The van der Waals surface area contributed by atoms with Crippen molar-refractivity contribution in [1.29, 1.82) is 0 Å². The average molecular weight is 286 g/mol. The molecule has 2 aliphatic carbocycles. The zero-order chi connectivity index (χ0) is 14.8. The number of amides is 1. The van der Waals surface area contributed by atoms with E-state index in [0.29, 0.717) is 18.1 Å². The Kier molecular flexibility index (Phi) is 3.95. The molecule has 1 aromatic rings. The molecule has 2 bridgehead atoms. The Morgan fingerprint density at radius 1 is 1.29 bits per heavy atom. The molecule has 4 nitrogen and oxygen atoms in total. The molecule has 1 aromatic carbocycles. The van der Waals surface area contributed by atoms with Crippen molar-refractivity contribution < 1.29 is 10.0 Å². The summed E-state index contributed by atoms with van der Waals surface area (Å²) in [5.74, 6) is 2.37. The first-order chi connectivity index (χ1) is 10.2. The summed E-state index contributed by atoms with van der Waals surface area (Å²) in [7, 11) is 0. The topological polar surface area (TPSA) is 61.7 Å². The minimum absolute atomic E-state index is 0.118. The first-order valence-corrected chi connectivity index (χ1v) is 7.74. The van der Waals surface area contributed by atoms with E-state index in [1.54, 1.807) is 6.92 Å². The molecule has 2 aliphatic rings. The molecule has 0 aromatic heterocycles. The van der Waals surface area contributed by atoms with E-state index >= 15 is 0 Å². The number of hydrogen-bond acceptors (Lipinski definition) is 3. The van der Waals surface area contributed by atoms with Crippen LogP contribution in [0.4, 0.5) is 5.69 Å². The normalized spacial score (nSPS) is 27.9. The lowest BCUT2D eigenvalue weighted by Gasteiger charge is -2.20. The van der Waals surface area contributed by atoms with Gasteiger partial charge in [-0.05, 0) is 61.6 Å². The molecule has 2 N–H and O–H groups in total. The highest BCUT2D eigenvalue weighted by Gasteiger charge is 2.40. The number of nitrogens with one attached hydrogen (secondary N) is 1. The summed E-state index contributed by atoms with van der Waals surface area (Å²) in [6.07, 6.45) is 5.92. The van der Waals surface area contributed by atoms with E-state index in [0.717, 1.165) is 23.1 Å². The Morgan fingerprint density at radius 3 is 2.62 bits per heavy atom. The summed E-state index contributed by atoms with van der Waals surface area (Å²) >= 11 is 0. The van der Waals surface area contributed by atoms with E-state index < -0.39 is 0 Å². The third kappa shape index (κ3) is 3.09. The van der Waals surface area contributed by atoms with Crippen LogP contribution in [0, 0.1) is 17.8 Å². The number of hydrogen-bond donors (Lipinski definition) is 2. The quantitative estimate of drug-likeness (QED) is 0.504. The van der Waals surface area contributed by atoms with Crippen molar-refractivity contribution in [2.45, 2.75) is 39.0 Å². The van der Waals surface area contributed by atoms with Gasteiger partial charge in [0.15, 0.2) is 0 Å². The first kappa shape index (κ1) is 14.1. The van der Waals surface area contributed by atoms with Crippen LogP contribution in [-0.2, 0) is 4.79 Å². The molecule has 2 saturated carbocycles. The monoisotopic (exact) mass is 286 g/mol. The van der Waals surface area contributed by atoms with Gasteiger partial charge in [-0.1, -0.05) is 23.7 Å². The number of benzene rings is 1. The fourth-order valence-electron chi connectivity index (χ4n) is 3.93. The van der Waals surface area contributed by atoms with E-state index in [-0.39, 0.29) is 5.91 Å². The van der Waals surface area contributed by atoms with Gasteiger partial charge in [-0.3, -0.25) is 4.79 Å². The Labute approximate surface area is 125 Å². The third-order valence-electron chi connectivity index (χ3n) is 5.07. The van der Waals surface area contributed by atoms with Gasteiger partial charge in [0.2, 0.25) is 5.91 Å². The van der Waals surface area contributed by atoms with Crippen molar-refractivity contribution in [1.82, 2.24) is 0 Å². The number of nitrogens with zero attached hydrogens (tertiary/aromatic N) is 1. The number of carbonyl (C=O) groups excluding carboxylic acids is 1. The SMILES string of the molecule is C/C(=N\O)c1ccc(NC(=O)CC2CC3CCC2C3)cc1. The Morgan fingerprint density at radius 2 is 2.05 bits per heavy atom. The van der Waals surface area contributed by atoms with Crippen LogP contribution in [0.25, 0.3) is 0 Å². The highest BCUT2D eigenvalue weighted by molar-refractivity contribution is 5.99. The summed E-state index contributed by atoms with van der Waals surface area (Å²) in [5, 5.41) is 14.9. The summed E-state index contributed by atoms with van der Waals surface area (Å²) in [6, 6.07) is 7.40. The van der Waals surface area contributed by atoms with Crippen molar-refractivity contribution in [3.05, 3.63) is 29.8 Å². The predicted molar refractivity (Wildman–Crippen MR) is 82.6 cm³/mol. The molecule has 21 heavy (non-hydrogen) atoms. The Bertz CT molecular complexity index is 550. The summed E-state index contributed by atoms with van der Waals surface area (Å²) < 4.78 is 0. The minimum Gasteiger partial charge on any atom is -0.411 e. The van der Waals surface area contributed by atoms with Gasteiger partial charge in [-0.2, -0.15) is 0 Å². The van der Waals surface area contributed by atoms with Crippen molar-refractivity contribution in [3.8, 4) is 0 Å². The van der Waals surface area contributed by atoms with E-state index in [2.05, 4.69) is 10.5 Å². The molecule has 3 atom stereocenters. The van der Waals surface area contributed by atoms with Crippen LogP contribution in [0.1, 0.15) is 44.6 Å². The highest BCUT2D eigenvalue weighted by Crippen LogP contribution is 2.49. The minimum atomic E-state index is 0.118. The van der Waals surface area contributed by atoms with Crippen LogP contribution in [0.2, 0.25) is 0 Å². The Hall–Kier alpha value is -1.84. The van der Waals surface area contributed by atoms with Crippen LogP contribution in [-0.4, -0.2) is 16.8 Å². The Balaban J connectivity index is 1.55. The predicted octanol–water partition coefficient (Wildman–Crippen LogP) is 3.65. The zero-order valence-corrected chi connectivity index (χ0v) is 12.4. The first-order valence-electron chi connectivity index (χ1n) is 7.74. The maximum absolute atomic E-state index is 12.1. The standard InChI is InChI=1S/C17H22N2O2/c1-11(19-21)13-4-6-16(7-5-13)18-17(20)10-15-9-12-2-3-14(15)8-12/h4-7,12,14-15,21H,2-3,8-10H2,1H3,(H,18,20)/b19-11+. The lowest BCUT2D eigenvalue weighted by atomic mass is 9.86. The second kappa shape index (κ2) is 5.88. The van der Waals surface area contributed by atoms with Gasteiger partial charge in [-0.25, -0.2) is 0 Å². The lowest BCUT2D eigenvalue weighted by molar-refractivity contribution is -0.117. The second-order valence-electron chi connectivity index (χ2n) is 6.45.